The molecule has 0 atom stereocenters. The first-order valence-electron chi connectivity index (χ1n) is 11.4. The van der Waals surface area contributed by atoms with Crippen LogP contribution in [0.2, 0.25) is 0 Å². The maximum Gasteiger partial charge on any atom is 0.229 e. The number of pyridine rings is 1. The number of benzene rings is 2. The van der Waals surface area contributed by atoms with Crippen LogP contribution >= 0.6 is 0 Å². The van der Waals surface area contributed by atoms with Crippen LogP contribution in [0, 0.1) is 12.9 Å². The number of halogens is 1. The van der Waals surface area contributed by atoms with E-state index in [1.165, 1.54) is 11.1 Å². The molecule has 0 radical (unpaired) electrons. The molecule has 0 unspecified atom stereocenters. The molecule has 32 heavy (non-hydrogen) atoms. The maximum atomic E-state index is 15.6. The first kappa shape index (κ1) is 22.0. The molecule has 0 amide bonds. The molecule has 0 aliphatic heterocycles. The van der Waals surface area contributed by atoms with Gasteiger partial charge in [-0.25, -0.2) is 0 Å². The normalized spacial score (nSPS) is 11.5. The van der Waals surface area contributed by atoms with Gasteiger partial charge >= 0.3 is 0 Å². The van der Waals surface area contributed by atoms with E-state index in [1.807, 2.05) is 42.9 Å². The lowest BCUT2D eigenvalue weighted by Crippen LogP contribution is -2.31. The zero-order valence-corrected chi connectivity index (χ0v) is 19.9. The fourth-order valence-corrected chi connectivity index (χ4v) is 4.52. The van der Waals surface area contributed by atoms with E-state index >= 15 is 4.39 Å². The van der Waals surface area contributed by atoms with Crippen molar-refractivity contribution in [1.29, 1.82) is 0 Å². The monoisotopic (exact) mass is 427 g/mol. The summed E-state index contributed by atoms with van der Waals surface area (Å²) in [6.45, 7) is 10.7. The van der Waals surface area contributed by atoms with Gasteiger partial charge in [0, 0.05) is 12.1 Å². The Morgan fingerprint density at radius 3 is 1.94 bits per heavy atom. The van der Waals surface area contributed by atoms with Crippen LogP contribution in [0.25, 0.3) is 28.2 Å². The molecule has 0 N–H and O–H groups in total. The van der Waals surface area contributed by atoms with Gasteiger partial charge in [0.25, 0.3) is 0 Å². The highest BCUT2D eigenvalue weighted by Gasteiger charge is 2.27. The van der Waals surface area contributed by atoms with Crippen LogP contribution in [0.4, 0.5) is 4.39 Å². The number of rotatable bonds is 5. The largest absolute Gasteiger partial charge is 0.280 e. The number of aromatic nitrogens is 2. The van der Waals surface area contributed by atoms with E-state index < -0.39 is 0 Å². The first-order valence-corrected chi connectivity index (χ1v) is 11.4. The van der Waals surface area contributed by atoms with Crippen LogP contribution in [0.3, 0.4) is 0 Å². The summed E-state index contributed by atoms with van der Waals surface area (Å²) in [6.07, 6.45) is 2.01. The summed E-state index contributed by atoms with van der Waals surface area (Å²) in [5.41, 5.74) is 8.47. The van der Waals surface area contributed by atoms with Gasteiger partial charge in [0.05, 0.1) is 5.69 Å². The van der Waals surface area contributed by atoms with Crippen molar-refractivity contribution in [2.24, 2.45) is 7.05 Å². The van der Waals surface area contributed by atoms with Crippen molar-refractivity contribution in [2.45, 2.75) is 46.5 Å². The fourth-order valence-electron chi connectivity index (χ4n) is 4.52. The molecule has 0 aliphatic carbocycles. The lowest BCUT2D eigenvalue weighted by Gasteiger charge is -2.24. The average Bonchev–Trinajstić information content (AvgIpc) is 3.06. The van der Waals surface area contributed by atoms with Gasteiger partial charge in [0.2, 0.25) is 5.69 Å². The minimum Gasteiger partial charge on any atom is -0.280 e. The van der Waals surface area contributed by atoms with Crippen molar-refractivity contribution in [2.75, 3.05) is 0 Å². The van der Waals surface area contributed by atoms with Crippen molar-refractivity contribution in [3.05, 3.63) is 95.6 Å². The van der Waals surface area contributed by atoms with Gasteiger partial charge in [-0.1, -0.05) is 58.0 Å². The lowest BCUT2D eigenvalue weighted by molar-refractivity contribution is -0.660. The average molecular weight is 428 g/mol. The second kappa shape index (κ2) is 8.74. The second-order valence-electron chi connectivity index (χ2n) is 9.21. The molecule has 164 valence electrons. The Morgan fingerprint density at radius 2 is 1.38 bits per heavy atom. The molecule has 4 aromatic rings. The van der Waals surface area contributed by atoms with E-state index in [-0.39, 0.29) is 17.8 Å². The molecule has 0 saturated carbocycles. The molecule has 4 rings (SSSR count). The van der Waals surface area contributed by atoms with E-state index in [0.717, 1.165) is 33.8 Å². The van der Waals surface area contributed by atoms with Gasteiger partial charge in [0.1, 0.15) is 12.7 Å². The van der Waals surface area contributed by atoms with Crippen molar-refractivity contribution < 1.29 is 8.96 Å². The molecule has 0 aliphatic rings. The second-order valence-corrected chi connectivity index (χ2v) is 9.21. The summed E-state index contributed by atoms with van der Waals surface area (Å²) in [5.74, 6) is 0.258. The molecule has 0 bridgehead atoms. The minimum atomic E-state index is -0.224. The van der Waals surface area contributed by atoms with E-state index in [9.17, 15) is 0 Å². The Kier molecular flexibility index (Phi) is 6.01. The highest BCUT2D eigenvalue weighted by Crippen LogP contribution is 2.39. The van der Waals surface area contributed by atoms with Crippen LogP contribution in [-0.2, 0) is 7.05 Å². The first-order chi connectivity index (χ1) is 15.3. The molecule has 0 spiro atoms. The number of aryl methyl sites for hydroxylation is 2. The van der Waals surface area contributed by atoms with Crippen LogP contribution in [0.5, 0.6) is 0 Å². The molecule has 0 fully saturated rings. The quantitative estimate of drug-likeness (QED) is 0.295. The third-order valence-electron chi connectivity index (χ3n) is 6.19. The van der Waals surface area contributed by atoms with Gasteiger partial charge in [-0.15, -0.1) is 0 Å². The molecule has 2 aromatic heterocycles. The maximum absolute atomic E-state index is 15.6. The summed E-state index contributed by atoms with van der Waals surface area (Å²) < 4.78 is 19.5. The Hall–Kier alpha value is -3.20. The zero-order chi connectivity index (χ0) is 23.0. The van der Waals surface area contributed by atoms with Crippen molar-refractivity contribution in [3.8, 4) is 28.2 Å². The van der Waals surface area contributed by atoms with Crippen LogP contribution in [0.15, 0.2) is 72.9 Å². The SMILES string of the molecule is Cc1cc(F)n(-c2c(C(C)C)cc(-c3ccccc3)cc2C(C)C)c1-c1cccc[n+]1C. The van der Waals surface area contributed by atoms with Gasteiger partial charge < -0.3 is 0 Å². The van der Waals surface area contributed by atoms with Crippen molar-refractivity contribution >= 4 is 0 Å². The third-order valence-corrected chi connectivity index (χ3v) is 6.19. The van der Waals surface area contributed by atoms with E-state index in [4.69, 9.17) is 0 Å². The molecule has 2 heterocycles. The van der Waals surface area contributed by atoms with Crippen LogP contribution < -0.4 is 4.57 Å². The Morgan fingerprint density at radius 1 is 0.781 bits per heavy atom. The summed E-state index contributed by atoms with van der Waals surface area (Å²) >= 11 is 0. The predicted molar refractivity (Wildman–Crippen MR) is 131 cm³/mol. The fraction of sp³-hybridized carbons (Fsp3) is 0.276. The van der Waals surface area contributed by atoms with Crippen LogP contribution in [-0.4, -0.2) is 4.57 Å². The van der Waals surface area contributed by atoms with Crippen molar-refractivity contribution in [3.63, 3.8) is 0 Å². The Bertz CT molecular complexity index is 1220. The molecule has 2 nitrogen and oxygen atoms in total. The zero-order valence-electron chi connectivity index (χ0n) is 19.9. The van der Waals surface area contributed by atoms with Crippen LogP contribution in [0.1, 0.15) is 56.2 Å². The molecule has 0 saturated heterocycles. The Labute approximate surface area is 191 Å². The number of hydrogen-bond acceptors (Lipinski definition) is 0. The predicted octanol–water partition coefficient (Wildman–Crippen LogP) is 7.33. The minimum absolute atomic E-state index is 0.224. The van der Waals surface area contributed by atoms with Gasteiger partial charge in [-0.3, -0.25) is 4.57 Å². The summed E-state index contributed by atoms with van der Waals surface area (Å²) in [6, 6.07) is 22.6. The number of hydrogen-bond donors (Lipinski definition) is 0. The lowest BCUT2D eigenvalue weighted by atomic mass is 9.88. The number of nitrogens with zero attached hydrogens (tertiary/aromatic N) is 2. The smallest absolute Gasteiger partial charge is 0.229 e. The standard InChI is InChI=1S/C29H32FN2/c1-19(2)24-17-23(22-12-8-7-9-13-22)18-25(20(3)4)29(24)32-27(30)16-21(5)28(32)26-14-10-11-15-31(26)6/h7-20H,1-6H3/q+1. The van der Waals surface area contributed by atoms with Gasteiger partial charge in [-0.05, 0) is 70.8 Å². The van der Waals surface area contributed by atoms with E-state index in [1.54, 1.807) is 6.07 Å². The van der Waals surface area contributed by atoms with E-state index in [2.05, 4.69) is 74.7 Å². The Balaban J connectivity index is 2.08. The highest BCUT2D eigenvalue weighted by atomic mass is 19.1. The highest BCUT2D eigenvalue weighted by molar-refractivity contribution is 5.72. The van der Waals surface area contributed by atoms with E-state index in [0.29, 0.717) is 0 Å². The molecular weight excluding hydrogens is 395 g/mol. The van der Waals surface area contributed by atoms with Gasteiger partial charge in [-0.2, -0.15) is 8.96 Å². The summed E-state index contributed by atoms with van der Waals surface area (Å²) in [4.78, 5) is 0. The third kappa shape index (κ3) is 3.88. The summed E-state index contributed by atoms with van der Waals surface area (Å²) in [5, 5.41) is 0. The van der Waals surface area contributed by atoms with Gasteiger partial charge in [0.15, 0.2) is 12.1 Å². The topological polar surface area (TPSA) is 8.81 Å². The summed E-state index contributed by atoms with van der Waals surface area (Å²) in [7, 11) is 2.01. The molecule has 3 heteroatoms. The molecule has 2 aromatic carbocycles. The molecular formula is C29H32FN2+. The van der Waals surface area contributed by atoms with Crippen molar-refractivity contribution in [1.82, 2.24) is 4.57 Å².